The van der Waals surface area contributed by atoms with E-state index in [1.54, 1.807) is 50.4 Å². The first-order valence-electron chi connectivity index (χ1n) is 10.5. The van der Waals surface area contributed by atoms with Crippen LogP contribution in [0.4, 0.5) is 5.69 Å². The minimum Gasteiger partial charge on any atom is -0.454 e. The number of rotatable bonds is 5. The lowest BCUT2D eigenvalue weighted by Crippen LogP contribution is -2.35. The number of piperidine rings is 1. The Balaban J connectivity index is 1.35. The number of amides is 1. The van der Waals surface area contributed by atoms with E-state index in [9.17, 15) is 13.2 Å². The summed E-state index contributed by atoms with van der Waals surface area (Å²) in [5.74, 6) is 0.687. The van der Waals surface area contributed by atoms with Crippen LogP contribution >= 0.6 is 0 Å². The average molecular weight is 441 g/mol. The molecule has 8 nitrogen and oxygen atoms in total. The van der Waals surface area contributed by atoms with Gasteiger partial charge in [-0.25, -0.2) is 8.42 Å². The lowest BCUT2D eigenvalue weighted by atomic mass is 10.2. The predicted molar refractivity (Wildman–Crippen MR) is 114 cm³/mol. The Morgan fingerprint density at radius 1 is 1.06 bits per heavy atom. The second-order valence-electron chi connectivity index (χ2n) is 7.93. The number of anilines is 1. The van der Waals surface area contributed by atoms with Crippen molar-refractivity contribution in [3.05, 3.63) is 65.9 Å². The molecule has 0 saturated carbocycles. The second kappa shape index (κ2) is 7.97. The minimum atomic E-state index is -3.49. The summed E-state index contributed by atoms with van der Waals surface area (Å²) < 4.78 is 35.0. The minimum absolute atomic E-state index is 0.225. The van der Waals surface area contributed by atoms with E-state index in [1.165, 1.54) is 0 Å². The highest BCUT2D eigenvalue weighted by Crippen LogP contribution is 2.33. The van der Waals surface area contributed by atoms with Gasteiger partial charge in [-0.1, -0.05) is 6.42 Å². The third-order valence-corrected chi connectivity index (χ3v) is 7.79. The SMILES string of the molecule is O=C(c1ccc(Cn2cccn2)o1)N1CCc2cc(S(=O)(=O)N3CCCCC3)ccc21. The van der Waals surface area contributed by atoms with Crippen LogP contribution in [0.15, 0.2) is 58.1 Å². The van der Waals surface area contributed by atoms with Crippen LogP contribution in [0.25, 0.3) is 0 Å². The summed E-state index contributed by atoms with van der Waals surface area (Å²) in [7, 11) is -3.49. The number of nitrogens with zero attached hydrogens (tertiary/aromatic N) is 4. The summed E-state index contributed by atoms with van der Waals surface area (Å²) in [5, 5.41) is 4.14. The molecule has 0 unspecified atom stereocenters. The average Bonchev–Trinajstić information content (AvgIpc) is 3.55. The summed E-state index contributed by atoms with van der Waals surface area (Å²) in [6.45, 7) is 2.10. The van der Waals surface area contributed by atoms with Crippen molar-refractivity contribution in [1.82, 2.24) is 14.1 Å². The largest absolute Gasteiger partial charge is 0.454 e. The van der Waals surface area contributed by atoms with Crippen LogP contribution in [0.5, 0.6) is 0 Å². The topological polar surface area (TPSA) is 88.6 Å². The zero-order valence-corrected chi connectivity index (χ0v) is 17.9. The Labute approximate surface area is 181 Å². The van der Waals surface area contributed by atoms with E-state index >= 15 is 0 Å². The van der Waals surface area contributed by atoms with Crippen molar-refractivity contribution in [1.29, 1.82) is 0 Å². The Bertz CT molecular complexity index is 1190. The molecule has 0 N–H and O–H groups in total. The first-order chi connectivity index (χ1) is 15.0. The van der Waals surface area contributed by atoms with Gasteiger partial charge in [0.15, 0.2) is 5.76 Å². The summed E-state index contributed by atoms with van der Waals surface area (Å²) in [5.41, 5.74) is 1.61. The number of sulfonamides is 1. The van der Waals surface area contributed by atoms with Gasteiger partial charge in [-0.15, -0.1) is 0 Å². The molecule has 0 radical (unpaired) electrons. The zero-order valence-electron chi connectivity index (χ0n) is 17.1. The Morgan fingerprint density at radius 2 is 1.90 bits per heavy atom. The zero-order chi connectivity index (χ0) is 21.4. The van der Waals surface area contributed by atoms with Crippen molar-refractivity contribution < 1.29 is 17.6 Å². The number of carbonyl (C=O) groups excluding carboxylic acids is 1. The molecule has 1 fully saturated rings. The highest BCUT2D eigenvalue weighted by Gasteiger charge is 2.31. The Morgan fingerprint density at radius 3 is 2.68 bits per heavy atom. The fraction of sp³-hybridized carbons (Fsp3) is 0.364. The molecule has 2 aromatic heterocycles. The van der Waals surface area contributed by atoms with Gasteiger partial charge in [-0.05, 0) is 61.2 Å². The Hall–Kier alpha value is -2.91. The van der Waals surface area contributed by atoms with Crippen molar-refractivity contribution in [3.8, 4) is 0 Å². The molecule has 0 aliphatic carbocycles. The van der Waals surface area contributed by atoms with Crippen molar-refractivity contribution in [2.24, 2.45) is 0 Å². The normalized spacial score (nSPS) is 17.1. The molecule has 4 heterocycles. The predicted octanol–water partition coefficient (Wildman–Crippen LogP) is 2.90. The van der Waals surface area contributed by atoms with Gasteiger partial charge in [-0.2, -0.15) is 9.40 Å². The van der Waals surface area contributed by atoms with Gasteiger partial charge in [0.25, 0.3) is 5.91 Å². The van der Waals surface area contributed by atoms with E-state index in [4.69, 9.17) is 4.42 Å². The first-order valence-corrected chi connectivity index (χ1v) is 12.0. The number of benzene rings is 1. The number of hydrogen-bond acceptors (Lipinski definition) is 5. The summed E-state index contributed by atoms with van der Waals surface area (Å²) in [6.07, 6.45) is 7.01. The maximum absolute atomic E-state index is 13.0. The lowest BCUT2D eigenvalue weighted by molar-refractivity contribution is 0.0960. The van der Waals surface area contributed by atoms with Crippen LogP contribution in [-0.2, 0) is 23.0 Å². The first kappa shape index (κ1) is 20.0. The molecule has 2 aliphatic heterocycles. The number of hydrogen-bond donors (Lipinski definition) is 0. The van der Waals surface area contributed by atoms with Gasteiger partial charge in [-0.3, -0.25) is 9.48 Å². The maximum atomic E-state index is 13.0. The fourth-order valence-corrected chi connectivity index (χ4v) is 5.84. The number of carbonyl (C=O) groups is 1. The summed E-state index contributed by atoms with van der Waals surface area (Å²) in [6, 6.07) is 10.4. The maximum Gasteiger partial charge on any atom is 0.293 e. The van der Waals surface area contributed by atoms with Crippen molar-refractivity contribution in [3.63, 3.8) is 0 Å². The number of aromatic nitrogens is 2. The second-order valence-corrected chi connectivity index (χ2v) is 9.87. The standard InChI is InChI=1S/C22H24N4O4S/c27-22(21-8-5-18(30-21)16-24-11-4-10-23-24)26-14-9-17-15-19(6-7-20(17)26)31(28,29)25-12-2-1-3-13-25/h4-8,10-11,15H,1-3,9,12-14,16H2. The number of fused-ring (bicyclic) bond motifs is 1. The van der Waals surface area contributed by atoms with Gasteiger partial charge < -0.3 is 9.32 Å². The molecule has 0 atom stereocenters. The van der Waals surface area contributed by atoms with E-state index in [-0.39, 0.29) is 11.7 Å². The van der Waals surface area contributed by atoms with E-state index in [2.05, 4.69) is 5.10 Å². The smallest absolute Gasteiger partial charge is 0.293 e. The van der Waals surface area contributed by atoms with Crippen LogP contribution < -0.4 is 4.90 Å². The molecular formula is C22H24N4O4S. The molecule has 0 bridgehead atoms. The van der Waals surface area contributed by atoms with Crippen LogP contribution in [0.2, 0.25) is 0 Å². The van der Waals surface area contributed by atoms with Crippen LogP contribution in [0.1, 0.15) is 41.1 Å². The van der Waals surface area contributed by atoms with Crippen molar-refractivity contribution in [2.45, 2.75) is 37.1 Å². The quantitative estimate of drug-likeness (QED) is 0.609. The molecule has 1 amide bonds. The molecule has 0 spiro atoms. The van der Waals surface area contributed by atoms with Gasteiger partial charge in [0, 0.05) is 37.7 Å². The van der Waals surface area contributed by atoms with Gasteiger partial charge in [0.2, 0.25) is 10.0 Å². The number of furan rings is 1. The van der Waals surface area contributed by atoms with Crippen LogP contribution in [0.3, 0.4) is 0 Å². The molecule has 31 heavy (non-hydrogen) atoms. The van der Waals surface area contributed by atoms with E-state index < -0.39 is 10.0 Å². The Kier molecular flexibility index (Phi) is 5.15. The molecular weight excluding hydrogens is 416 g/mol. The monoisotopic (exact) mass is 440 g/mol. The summed E-state index contributed by atoms with van der Waals surface area (Å²) >= 11 is 0. The highest BCUT2D eigenvalue weighted by molar-refractivity contribution is 7.89. The molecule has 1 saturated heterocycles. The van der Waals surface area contributed by atoms with Crippen LogP contribution in [0, 0.1) is 0 Å². The lowest BCUT2D eigenvalue weighted by Gasteiger charge is -2.26. The molecule has 2 aliphatic rings. The molecule has 5 rings (SSSR count). The molecule has 3 aromatic rings. The molecule has 1 aromatic carbocycles. The third-order valence-electron chi connectivity index (χ3n) is 5.89. The van der Waals surface area contributed by atoms with E-state index in [1.807, 2.05) is 12.3 Å². The van der Waals surface area contributed by atoms with Crippen molar-refractivity contribution in [2.75, 3.05) is 24.5 Å². The van der Waals surface area contributed by atoms with Gasteiger partial charge in [0.05, 0.1) is 11.4 Å². The van der Waals surface area contributed by atoms with Gasteiger partial charge >= 0.3 is 0 Å². The van der Waals surface area contributed by atoms with Crippen molar-refractivity contribution >= 4 is 21.6 Å². The third kappa shape index (κ3) is 3.79. The fourth-order valence-electron chi connectivity index (χ4n) is 4.27. The van der Waals surface area contributed by atoms with Crippen LogP contribution in [-0.4, -0.2) is 48.0 Å². The molecule has 9 heteroatoms. The van der Waals surface area contributed by atoms with Gasteiger partial charge in [0.1, 0.15) is 5.76 Å². The highest BCUT2D eigenvalue weighted by atomic mass is 32.2. The van der Waals surface area contributed by atoms with E-state index in [0.29, 0.717) is 43.3 Å². The summed E-state index contributed by atoms with van der Waals surface area (Å²) in [4.78, 5) is 15.0. The molecule has 162 valence electrons. The van der Waals surface area contributed by atoms with E-state index in [0.717, 1.165) is 30.5 Å².